The first-order valence-electron chi connectivity index (χ1n) is 7.42. The quantitative estimate of drug-likeness (QED) is 0.937. The Kier molecular flexibility index (Phi) is 4.71. The lowest BCUT2D eigenvalue weighted by Crippen LogP contribution is -2.42. The van der Waals surface area contributed by atoms with Crippen molar-refractivity contribution in [3.63, 3.8) is 0 Å². The Bertz CT molecular complexity index is 690. The predicted octanol–water partition coefficient (Wildman–Crippen LogP) is 2.99. The molecule has 0 atom stereocenters. The highest BCUT2D eigenvalue weighted by Crippen LogP contribution is 2.20. The molecule has 1 aliphatic heterocycles. The van der Waals surface area contributed by atoms with Crippen LogP contribution < -0.4 is 5.32 Å². The fourth-order valence-corrected chi connectivity index (χ4v) is 2.82. The fraction of sp³-hybridized carbons (Fsp3) is 0.312. The van der Waals surface area contributed by atoms with Crippen molar-refractivity contribution >= 4 is 23.3 Å². The van der Waals surface area contributed by atoms with Gasteiger partial charge in [0.2, 0.25) is 0 Å². The van der Waals surface area contributed by atoms with E-state index in [1.165, 1.54) is 18.2 Å². The van der Waals surface area contributed by atoms with Crippen LogP contribution in [0.2, 0.25) is 5.02 Å². The fourth-order valence-electron chi connectivity index (χ4n) is 2.65. The molecule has 2 heterocycles. The second-order valence-corrected chi connectivity index (χ2v) is 5.88. The molecule has 0 aliphatic carbocycles. The van der Waals surface area contributed by atoms with Crippen LogP contribution in [0.4, 0.5) is 10.2 Å². The zero-order chi connectivity index (χ0) is 16.2. The minimum Gasteiger partial charge on any atom is -0.366 e. The lowest BCUT2D eigenvalue weighted by atomic mass is 10.0. The SMILES string of the molecule is O=C(c1cc(Cl)ccc1F)N1CCC(Nc2cccnn2)CC1. The number of benzene rings is 1. The summed E-state index contributed by atoms with van der Waals surface area (Å²) in [5.74, 6) is -0.139. The van der Waals surface area contributed by atoms with Crippen molar-refractivity contribution in [1.82, 2.24) is 15.1 Å². The summed E-state index contributed by atoms with van der Waals surface area (Å²) >= 11 is 5.85. The number of anilines is 1. The van der Waals surface area contributed by atoms with Crippen molar-refractivity contribution in [3.8, 4) is 0 Å². The summed E-state index contributed by atoms with van der Waals surface area (Å²) in [6.07, 6.45) is 3.15. The molecule has 1 fully saturated rings. The highest BCUT2D eigenvalue weighted by molar-refractivity contribution is 6.31. The molecule has 1 aromatic carbocycles. The molecule has 1 N–H and O–H groups in total. The topological polar surface area (TPSA) is 58.1 Å². The van der Waals surface area contributed by atoms with Crippen molar-refractivity contribution < 1.29 is 9.18 Å². The number of carbonyl (C=O) groups excluding carboxylic acids is 1. The normalized spacial score (nSPS) is 15.5. The van der Waals surface area contributed by atoms with Gasteiger partial charge in [-0.05, 0) is 43.2 Å². The number of hydrogen-bond acceptors (Lipinski definition) is 4. The summed E-state index contributed by atoms with van der Waals surface area (Å²) in [5.41, 5.74) is 0.0258. The molecule has 0 unspecified atom stereocenters. The van der Waals surface area contributed by atoms with Gasteiger partial charge < -0.3 is 10.2 Å². The number of nitrogens with zero attached hydrogens (tertiary/aromatic N) is 3. The van der Waals surface area contributed by atoms with E-state index in [2.05, 4.69) is 15.5 Å². The minimum atomic E-state index is -0.542. The zero-order valence-electron chi connectivity index (χ0n) is 12.4. The van der Waals surface area contributed by atoms with Crippen LogP contribution in [0.5, 0.6) is 0 Å². The molecular weight excluding hydrogens is 319 g/mol. The van der Waals surface area contributed by atoms with Crippen molar-refractivity contribution in [2.45, 2.75) is 18.9 Å². The van der Waals surface area contributed by atoms with E-state index in [0.717, 1.165) is 18.7 Å². The summed E-state index contributed by atoms with van der Waals surface area (Å²) in [6, 6.07) is 7.92. The Hall–Kier alpha value is -2.21. The van der Waals surface area contributed by atoms with E-state index in [1.54, 1.807) is 11.1 Å². The van der Waals surface area contributed by atoms with Crippen LogP contribution in [0, 0.1) is 5.82 Å². The second kappa shape index (κ2) is 6.91. The molecule has 0 bridgehead atoms. The Morgan fingerprint density at radius 2 is 2.09 bits per heavy atom. The van der Waals surface area contributed by atoms with Gasteiger partial charge in [0, 0.05) is 30.4 Å². The summed E-state index contributed by atoms with van der Waals surface area (Å²) < 4.78 is 13.8. The number of piperidine rings is 1. The van der Waals surface area contributed by atoms with Crippen LogP contribution in [0.1, 0.15) is 23.2 Å². The Labute approximate surface area is 138 Å². The minimum absolute atomic E-state index is 0.0258. The van der Waals surface area contributed by atoms with Gasteiger partial charge in [-0.25, -0.2) is 4.39 Å². The summed E-state index contributed by atoms with van der Waals surface area (Å²) in [4.78, 5) is 14.1. The molecule has 120 valence electrons. The smallest absolute Gasteiger partial charge is 0.256 e. The number of aromatic nitrogens is 2. The molecule has 0 spiro atoms. The third kappa shape index (κ3) is 3.76. The maximum absolute atomic E-state index is 13.8. The molecule has 1 aromatic heterocycles. The lowest BCUT2D eigenvalue weighted by Gasteiger charge is -2.32. The molecule has 1 aliphatic rings. The van der Waals surface area contributed by atoms with Crippen LogP contribution in [0.25, 0.3) is 0 Å². The maximum atomic E-state index is 13.8. The number of nitrogens with one attached hydrogen (secondary N) is 1. The van der Waals surface area contributed by atoms with Crippen LogP contribution in [-0.4, -0.2) is 40.1 Å². The molecule has 1 saturated heterocycles. The van der Waals surface area contributed by atoms with E-state index in [9.17, 15) is 9.18 Å². The second-order valence-electron chi connectivity index (χ2n) is 5.44. The molecule has 7 heteroatoms. The van der Waals surface area contributed by atoms with E-state index in [1.807, 2.05) is 12.1 Å². The van der Waals surface area contributed by atoms with E-state index in [4.69, 9.17) is 11.6 Å². The number of likely N-dealkylation sites (tertiary alicyclic amines) is 1. The van der Waals surface area contributed by atoms with E-state index in [-0.39, 0.29) is 17.5 Å². The van der Waals surface area contributed by atoms with Crippen molar-refractivity contribution in [3.05, 3.63) is 52.9 Å². The van der Waals surface area contributed by atoms with E-state index >= 15 is 0 Å². The highest BCUT2D eigenvalue weighted by Gasteiger charge is 2.25. The average Bonchev–Trinajstić information content (AvgIpc) is 2.58. The van der Waals surface area contributed by atoms with Crippen molar-refractivity contribution in [2.75, 3.05) is 18.4 Å². The number of hydrogen-bond donors (Lipinski definition) is 1. The largest absolute Gasteiger partial charge is 0.366 e. The first-order chi connectivity index (χ1) is 11.1. The summed E-state index contributed by atoms with van der Waals surface area (Å²) in [7, 11) is 0. The third-order valence-corrected chi connectivity index (χ3v) is 4.10. The lowest BCUT2D eigenvalue weighted by molar-refractivity contribution is 0.0713. The summed E-state index contributed by atoms with van der Waals surface area (Å²) in [6.45, 7) is 1.12. The number of rotatable bonds is 3. The Morgan fingerprint density at radius 3 is 2.78 bits per heavy atom. The number of carbonyl (C=O) groups is 1. The van der Waals surface area contributed by atoms with Crippen LogP contribution in [-0.2, 0) is 0 Å². The van der Waals surface area contributed by atoms with Gasteiger partial charge >= 0.3 is 0 Å². The Morgan fingerprint density at radius 1 is 1.30 bits per heavy atom. The van der Waals surface area contributed by atoms with Gasteiger partial charge in [0.1, 0.15) is 11.6 Å². The van der Waals surface area contributed by atoms with Gasteiger partial charge in [-0.2, -0.15) is 5.10 Å². The molecule has 0 saturated carbocycles. The molecule has 3 rings (SSSR count). The van der Waals surface area contributed by atoms with Crippen molar-refractivity contribution in [2.24, 2.45) is 0 Å². The first-order valence-corrected chi connectivity index (χ1v) is 7.80. The number of halogens is 2. The Balaban J connectivity index is 1.60. The van der Waals surface area contributed by atoms with Gasteiger partial charge in [0.05, 0.1) is 5.56 Å². The molecular formula is C16H16ClFN4O. The highest BCUT2D eigenvalue weighted by atomic mass is 35.5. The molecule has 23 heavy (non-hydrogen) atoms. The number of amides is 1. The van der Waals surface area contributed by atoms with Gasteiger partial charge in [0.25, 0.3) is 5.91 Å². The van der Waals surface area contributed by atoms with Gasteiger partial charge in [-0.1, -0.05) is 11.6 Å². The van der Waals surface area contributed by atoms with Gasteiger partial charge in [-0.3, -0.25) is 4.79 Å². The van der Waals surface area contributed by atoms with Gasteiger partial charge in [0.15, 0.2) is 0 Å². The average molecular weight is 335 g/mol. The monoisotopic (exact) mass is 334 g/mol. The zero-order valence-corrected chi connectivity index (χ0v) is 13.1. The van der Waals surface area contributed by atoms with Crippen molar-refractivity contribution in [1.29, 1.82) is 0 Å². The molecule has 0 radical (unpaired) electrons. The third-order valence-electron chi connectivity index (χ3n) is 3.87. The van der Waals surface area contributed by atoms with E-state index in [0.29, 0.717) is 18.1 Å². The maximum Gasteiger partial charge on any atom is 0.256 e. The molecule has 2 aromatic rings. The van der Waals surface area contributed by atoms with Gasteiger partial charge in [-0.15, -0.1) is 5.10 Å². The molecule has 1 amide bonds. The van der Waals surface area contributed by atoms with E-state index < -0.39 is 5.82 Å². The van der Waals surface area contributed by atoms with Crippen LogP contribution >= 0.6 is 11.6 Å². The molecule has 5 nitrogen and oxygen atoms in total. The first kappa shape index (κ1) is 15.7. The standard InChI is InChI=1S/C16H16ClFN4O/c17-11-3-4-14(18)13(10-11)16(23)22-8-5-12(6-9-22)20-15-2-1-7-19-21-15/h1-4,7,10,12H,5-6,8-9H2,(H,20,21). The van der Waals surface area contributed by atoms with Crippen LogP contribution in [0.15, 0.2) is 36.5 Å². The predicted molar refractivity (Wildman–Crippen MR) is 86.0 cm³/mol. The van der Waals surface area contributed by atoms with Crippen LogP contribution in [0.3, 0.4) is 0 Å². The summed E-state index contributed by atoms with van der Waals surface area (Å²) in [5, 5.41) is 11.5.